The molecule has 5 rings (SSSR count). The normalized spacial score (nSPS) is 18.6. The smallest absolute Gasteiger partial charge is 0.243 e. The van der Waals surface area contributed by atoms with E-state index in [9.17, 15) is 12.8 Å². The van der Waals surface area contributed by atoms with Crippen LogP contribution in [0.1, 0.15) is 37.5 Å². The van der Waals surface area contributed by atoms with Gasteiger partial charge in [-0.1, -0.05) is 18.2 Å². The lowest BCUT2D eigenvalue weighted by Gasteiger charge is -2.31. The Kier molecular flexibility index (Phi) is 6.81. The Bertz CT molecular complexity index is 1270. The summed E-state index contributed by atoms with van der Waals surface area (Å²) in [6.45, 7) is 4.02. The van der Waals surface area contributed by atoms with Gasteiger partial charge in [-0.15, -0.1) is 0 Å². The predicted molar refractivity (Wildman–Crippen MR) is 129 cm³/mol. The Morgan fingerprint density at radius 3 is 2.46 bits per heavy atom. The van der Waals surface area contributed by atoms with Crippen LogP contribution in [0, 0.1) is 12.7 Å². The van der Waals surface area contributed by atoms with Gasteiger partial charge in [-0.2, -0.15) is 4.31 Å². The molecule has 2 aliphatic heterocycles. The lowest BCUT2D eigenvalue weighted by atomic mass is 10.1. The van der Waals surface area contributed by atoms with Gasteiger partial charge in [-0.25, -0.2) is 27.8 Å². The van der Waals surface area contributed by atoms with E-state index in [1.807, 2.05) is 11.5 Å². The highest BCUT2D eigenvalue weighted by Gasteiger charge is 2.30. The second kappa shape index (κ2) is 10.00. The zero-order valence-electron chi connectivity index (χ0n) is 19.6. The molecule has 0 saturated carbocycles. The third-order valence-electron chi connectivity index (χ3n) is 6.69. The van der Waals surface area contributed by atoms with Crippen LogP contribution in [0.4, 0.5) is 10.3 Å². The van der Waals surface area contributed by atoms with Crippen LogP contribution in [0.5, 0.6) is 0 Å². The van der Waals surface area contributed by atoms with Gasteiger partial charge >= 0.3 is 0 Å². The van der Waals surface area contributed by atoms with Crippen molar-refractivity contribution in [2.75, 3.05) is 31.6 Å². The molecule has 0 aliphatic carbocycles. The first-order valence-electron chi connectivity index (χ1n) is 11.9. The standard InChI is InChI=1S/C24H29FN6O3S/c1-17-26-16-22(31(17)19-9-13-34-14-10-19)23-21(25)15-27-24(29-23)28-18-7-11-30(12-8-18)35(32,33)20-5-3-2-4-6-20/h2-6,15-16,18-19H,7-14H2,1H3,(H,27,28,29). The molecule has 186 valence electrons. The first kappa shape index (κ1) is 23.8. The minimum absolute atomic E-state index is 0.0160. The van der Waals surface area contributed by atoms with Crippen molar-refractivity contribution < 1.29 is 17.5 Å². The molecule has 0 bridgehead atoms. The maximum absolute atomic E-state index is 14.8. The topological polar surface area (TPSA) is 102 Å². The minimum Gasteiger partial charge on any atom is -0.381 e. The summed E-state index contributed by atoms with van der Waals surface area (Å²) in [6, 6.07) is 8.63. The van der Waals surface area contributed by atoms with Crippen LogP contribution in [-0.2, 0) is 14.8 Å². The zero-order valence-corrected chi connectivity index (χ0v) is 20.4. The van der Waals surface area contributed by atoms with E-state index >= 15 is 0 Å². The van der Waals surface area contributed by atoms with Gasteiger partial charge in [0.15, 0.2) is 5.82 Å². The predicted octanol–water partition coefficient (Wildman–Crippen LogP) is 3.40. The summed E-state index contributed by atoms with van der Waals surface area (Å²) in [6.07, 6.45) is 5.71. The summed E-state index contributed by atoms with van der Waals surface area (Å²) < 4.78 is 49.6. The first-order valence-corrected chi connectivity index (χ1v) is 13.3. The summed E-state index contributed by atoms with van der Waals surface area (Å²) in [4.78, 5) is 13.4. The summed E-state index contributed by atoms with van der Waals surface area (Å²) in [5.74, 6) is 0.627. The molecular weight excluding hydrogens is 471 g/mol. The van der Waals surface area contributed by atoms with Crippen molar-refractivity contribution in [3.8, 4) is 11.4 Å². The fourth-order valence-corrected chi connectivity index (χ4v) is 6.30. The van der Waals surface area contributed by atoms with Crippen molar-refractivity contribution in [3.05, 3.63) is 54.4 Å². The number of aryl methyl sites for hydroxylation is 1. The van der Waals surface area contributed by atoms with Crippen LogP contribution >= 0.6 is 0 Å². The van der Waals surface area contributed by atoms with Crippen LogP contribution in [-0.4, -0.2) is 64.6 Å². The number of halogens is 1. The number of piperidine rings is 1. The van der Waals surface area contributed by atoms with Crippen LogP contribution < -0.4 is 5.32 Å². The number of benzene rings is 1. The molecule has 1 aromatic carbocycles. The van der Waals surface area contributed by atoms with E-state index in [1.54, 1.807) is 36.5 Å². The molecule has 0 spiro atoms. The quantitative estimate of drug-likeness (QED) is 0.553. The number of hydrogen-bond donors (Lipinski definition) is 1. The number of imidazole rings is 1. The van der Waals surface area contributed by atoms with Gasteiger partial charge in [-0.3, -0.25) is 0 Å². The molecule has 2 aliphatic rings. The van der Waals surface area contributed by atoms with E-state index in [1.165, 1.54) is 10.5 Å². The van der Waals surface area contributed by atoms with Gasteiger partial charge < -0.3 is 14.6 Å². The molecule has 0 atom stereocenters. The number of nitrogens with one attached hydrogen (secondary N) is 1. The fourth-order valence-electron chi connectivity index (χ4n) is 4.81. The van der Waals surface area contributed by atoms with Crippen LogP contribution in [0.15, 0.2) is 47.6 Å². The third kappa shape index (κ3) is 4.93. The Hall–Kier alpha value is -2.89. The lowest BCUT2D eigenvalue weighted by Crippen LogP contribution is -2.42. The Morgan fingerprint density at radius 2 is 1.74 bits per heavy atom. The van der Waals surface area contributed by atoms with Gasteiger partial charge in [0.2, 0.25) is 16.0 Å². The number of nitrogens with zero attached hydrogens (tertiary/aromatic N) is 5. The number of hydrogen-bond acceptors (Lipinski definition) is 7. The van der Waals surface area contributed by atoms with Crippen molar-refractivity contribution in [1.29, 1.82) is 0 Å². The third-order valence-corrected chi connectivity index (χ3v) is 8.61. The SMILES string of the molecule is Cc1ncc(-c2nc(NC3CCN(S(=O)(=O)c4ccccc4)CC3)ncc2F)n1C1CCOCC1. The van der Waals surface area contributed by atoms with E-state index in [0.29, 0.717) is 55.7 Å². The van der Waals surface area contributed by atoms with Crippen molar-refractivity contribution in [2.24, 2.45) is 0 Å². The Balaban J connectivity index is 1.30. The van der Waals surface area contributed by atoms with Crippen molar-refractivity contribution in [2.45, 2.75) is 49.6 Å². The van der Waals surface area contributed by atoms with E-state index < -0.39 is 15.8 Å². The highest BCUT2D eigenvalue weighted by atomic mass is 32.2. The van der Waals surface area contributed by atoms with E-state index in [4.69, 9.17) is 4.74 Å². The monoisotopic (exact) mass is 500 g/mol. The molecule has 3 aromatic rings. The molecule has 11 heteroatoms. The van der Waals surface area contributed by atoms with Gasteiger partial charge in [0.25, 0.3) is 0 Å². The van der Waals surface area contributed by atoms with Crippen LogP contribution in [0.25, 0.3) is 11.4 Å². The molecule has 2 saturated heterocycles. The second-order valence-corrected chi connectivity index (χ2v) is 10.9. The summed E-state index contributed by atoms with van der Waals surface area (Å²) >= 11 is 0. The fraction of sp³-hybridized carbons (Fsp3) is 0.458. The number of aromatic nitrogens is 4. The molecule has 1 N–H and O–H groups in total. The second-order valence-electron chi connectivity index (χ2n) is 8.93. The summed E-state index contributed by atoms with van der Waals surface area (Å²) in [5.41, 5.74) is 0.833. The summed E-state index contributed by atoms with van der Waals surface area (Å²) in [7, 11) is -3.51. The van der Waals surface area contributed by atoms with Crippen LogP contribution in [0.3, 0.4) is 0 Å². The number of sulfonamides is 1. The number of rotatable bonds is 6. The Labute approximate surface area is 204 Å². The minimum atomic E-state index is -3.51. The van der Waals surface area contributed by atoms with Gasteiger partial charge in [0.1, 0.15) is 11.5 Å². The first-order chi connectivity index (χ1) is 16.9. The molecule has 0 unspecified atom stereocenters. The molecule has 9 nitrogen and oxygen atoms in total. The van der Waals surface area contributed by atoms with E-state index in [2.05, 4.69) is 20.3 Å². The summed E-state index contributed by atoms with van der Waals surface area (Å²) in [5, 5.41) is 3.28. The molecular formula is C24H29FN6O3S. The lowest BCUT2D eigenvalue weighted by molar-refractivity contribution is 0.0694. The van der Waals surface area contributed by atoms with Gasteiger partial charge in [0.05, 0.1) is 23.0 Å². The molecule has 2 fully saturated rings. The average Bonchev–Trinajstić information content (AvgIpc) is 3.27. The van der Waals surface area contributed by atoms with Crippen molar-refractivity contribution in [1.82, 2.24) is 23.8 Å². The van der Waals surface area contributed by atoms with Gasteiger partial charge in [-0.05, 0) is 44.7 Å². The molecule has 35 heavy (non-hydrogen) atoms. The highest BCUT2D eigenvalue weighted by Crippen LogP contribution is 2.31. The maximum Gasteiger partial charge on any atom is 0.243 e. The maximum atomic E-state index is 14.8. The molecule has 4 heterocycles. The van der Waals surface area contributed by atoms with E-state index in [-0.39, 0.29) is 17.8 Å². The van der Waals surface area contributed by atoms with Crippen molar-refractivity contribution in [3.63, 3.8) is 0 Å². The zero-order chi connectivity index (χ0) is 24.4. The molecule has 2 aromatic heterocycles. The number of ether oxygens (including phenoxy) is 1. The largest absolute Gasteiger partial charge is 0.381 e. The van der Waals surface area contributed by atoms with Crippen LogP contribution in [0.2, 0.25) is 0 Å². The Morgan fingerprint density at radius 1 is 1.03 bits per heavy atom. The van der Waals surface area contributed by atoms with Gasteiger partial charge in [0, 0.05) is 38.4 Å². The molecule has 0 radical (unpaired) electrons. The number of anilines is 1. The average molecular weight is 501 g/mol. The molecule has 0 amide bonds. The highest BCUT2D eigenvalue weighted by molar-refractivity contribution is 7.89. The van der Waals surface area contributed by atoms with Crippen molar-refractivity contribution >= 4 is 16.0 Å². The van der Waals surface area contributed by atoms with E-state index in [0.717, 1.165) is 18.7 Å².